The molecule has 4 saturated carbocycles. The molecule has 1 aliphatic heterocycles. The molecule has 22 heteroatoms. The van der Waals surface area contributed by atoms with Gasteiger partial charge in [-0.3, -0.25) is 18.4 Å². The van der Waals surface area contributed by atoms with Crippen LogP contribution in [0.5, 0.6) is 0 Å². The standard InChI is InChI=1S/C25H29N9O10P2S/c1-9-31-22-13(23(37)32-9)30-8-34(22)15-11-2-24(11)4-42-46(40,47)44-19-16(35)14(33-7-29-12-20(26)27-6-28-21(12)33)10-3-25(10,19)5-41-45(38,39)43-17(15)18(24)36/h6-8,10-11,14-19,35-36H,2-5H2,1H3,(H,38,39)(H,40,47)(H2,26,27,28)(H,31,32,37)/t10-,11-,14-,15-,16+,17+,18+,19+,24?,25?,46+/m1/s1. The molecule has 2 spiro atoms. The second-order valence-electron chi connectivity index (χ2n) is 13.1. The molecule has 6 N–H and O–H groups in total. The molecule has 47 heavy (non-hydrogen) atoms. The number of hydrogen-bond acceptors (Lipinski definition) is 15. The van der Waals surface area contributed by atoms with Crippen molar-refractivity contribution >= 4 is 55.0 Å². The fraction of sp³-hybridized carbons (Fsp3) is 0.600. The summed E-state index contributed by atoms with van der Waals surface area (Å²) in [7, 11) is -4.91. The predicted molar refractivity (Wildman–Crippen MR) is 162 cm³/mol. The number of aliphatic hydroxyl groups is 2. The number of anilines is 1. The third kappa shape index (κ3) is 4.27. The van der Waals surface area contributed by atoms with Crippen LogP contribution in [0.25, 0.3) is 22.3 Å². The van der Waals surface area contributed by atoms with E-state index in [9.17, 15) is 29.0 Å². The maximum absolute atomic E-state index is 13.8. The van der Waals surface area contributed by atoms with Crippen molar-refractivity contribution < 1.29 is 42.3 Å². The molecule has 0 amide bonds. The summed E-state index contributed by atoms with van der Waals surface area (Å²) in [6, 6.07) is -1.54. The number of H-pyrrole nitrogens is 1. The highest BCUT2D eigenvalue weighted by Gasteiger charge is 2.76. The van der Waals surface area contributed by atoms with Crippen molar-refractivity contribution in [2.45, 2.75) is 56.3 Å². The first kappa shape index (κ1) is 30.3. The number of phosphoric acid groups is 1. The largest absolute Gasteiger partial charge is 0.472 e. The van der Waals surface area contributed by atoms with Gasteiger partial charge in [0.25, 0.3) is 5.56 Å². The fourth-order valence-corrected chi connectivity index (χ4v) is 11.0. The predicted octanol–water partition coefficient (Wildman–Crippen LogP) is 0.649. The number of nitrogens with two attached hydrogens (primary N) is 1. The quantitative estimate of drug-likeness (QED) is 0.123. The van der Waals surface area contributed by atoms with Crippen LogP contribution in [0.4, 0.5) is 5.82 Å². The van der Waals surface area contributed by atoms with Crippen LogP contribution in [0.1, 0.15) is 30.7 Å². The number of hydrogen-bond donors (Lipinski definition) is 6. The van der Waals surface area contributed by atoms with Gasteiger partial charge in [0.1, 0.15) is 36.0 Å². The Morgan fingerprint density at radius 3 is 2.45 bits per heavy atom. The molecule has 0 aromatic carbocycles. The van der Waals surface area contributed by atoms with Gasteiger partial charge in [-0.2, -0.15) is 0 Å². The number of aromatic nitrogens is 8. The van der Waals surface area contributed by atoms with E-state index in [0.717, 1.165) is 0 Å². The minimum absolute atomic E-state index is 0.0448. The smallest absolute Gasteiger partial charge is 0.390 e. The first-order valence-corrected chi connectivity index (χ1v) is 19.0. The third-order valence-corrected chi connectivity index (χ3v) is 13.3. The maximum atomic E-state index is 13.8. The summed E-state index contributed by atoms with van der Waals surface area (Å²) in [6.45, 7) is -3.37. The van der Waals surface area contributed by atoms with Crippen LogP contribution in [-0.2, 0) is 27.2 Å². The molecule has 2 bridgehead atoms. The lowest BCUT2D eigenvalue weighted by Crippen LogP contribution is -2.38. The first-order chi connectivity index (χ1) is 22.3. The third-order valence-electron chi connectivity index (χ3n) is 10.7. The lowest BCUT2D eigenvalue weighted by molar-refractivity contribution is -0.0321. The van der Waals surface area contributed by atoms with Crippen LogP contribution in [0, 0.1) is 29.6 Å². The monoisotopic (exact) mass is 709 g/mol. The molecule has 5 heterocycles. The van der Waals surface area contributed by atoms with E-state index in [1.165, 1.54) is 19.0 Å². The average molecular weight is 710 g/mol. The highest BCUT2D eigenvalue weighted by molar-refractivity contribution is 8.44. The number of phosphoric ester groups is 1. The Bertz CT molecular complexity index is 2150. The van der Waals surface area contributed by atoms with Crippen molar-refractivity contribution in [2.24, 2.45) is 22.7 Å². The van der Waals surface area contributed by atoms with Crippen molar-refractivity contribution in [3.63, 3.8) is 0 Å². The topological polar surface area (TPSA) is 265 Å². The van der Waals surface area contributed by atoms with E-state index in [4.69, 9.17) is 23.8 Å². The van der Waals surface area contributed by atoms with Crippen LogP contribution >= 0.6 is 26.9 Å². The minimum atomic E-state index is -4.91. The van der Waals surface area contributed by atoms with Crippen molar-refractivity contribution in [2.75, 3.05) is 18.9 Å². The summed E-state index contributed by atoms with van der Waals surface area (Å²) in [5, 5.41) is 23.2. The van der Waals surface area contributed by atoms with Gasteiger partial charge in [-0.25, -0.2) is 34.0 Å². The lowest BCUT2D eigenvalue weighted by Gasteiger charge is -2.30. The summed E-state index contributed by atoms with van der Waals surface area (Å²) in [5.74, 6) is -0.362. The average Bonchev–Trinajstić information content (AvgIpc) is 3.71. The molecule has 250 valence electrons. The van der Waals surface area contributed by atoms with E-state index in [1.807, 2.05) is 0 Å². The SMILES string of the molecule is Cc1nc2c(ncn2[C@H]2[C@@H]3OP(=O)(O)OCC45C[C@@H]4[C@@H](n4cnc6c(N)ncnc64)[C@H](O)[C@@H]5O[P@@](=O)(S)OCC4(C[C@H]24)[C@H]3O)c(=O)[nH]1. The number of imidazole rings is 2. The molecule has 5 fully saturated rings. The molecule has 0 radical (unpaired) electrons. The van der Waals surface area contributed by atoms with Crippen LogP contribution in [0.2, 0.25) is 0 Å². The van der Waals surface area contributed by atoms with Gasteiger partial charge in [0.15, 0.2) is 22.6 Å². The fourth-order valence-electron chi connectivity index (χ4n) is 8.39. The molecule has 5 aliphatic rings. The second kappa shape index (κ2) is 9.68. The molecule has 4 aromatic rings. The molecule has 4 aliphatic carbocycles. The molecular formula is C25H29N9O10P2S. The van der Waals surface area contributed by atoms with Crippen molar-refractivity contribution in [1.82, 2.24) is 39.0 Å². The molecular weight excluding hydrogens is 680 g/mol. The number of nitrogen functional groups attached to an aromatic ring is 1. The number of aromatic amines is 1. The number of nitrogens with one attached hydrogen (secondary N) is 1. The van der Waals surface area contributed by atoms with Gasteiger partial charge in [-0.05, 0) is 31.6 Å². The Kier molecular flexibility index (Phi) is 6.24. The molecule has 9 rings (SSSR count). The van der Waals surface area contributed by atoms with Crippen LogP contribution < -0.4 is 11.3 Å². The number of thiol groups is 1. The molecule has 3 unspecified atom stereocenters. The highest BCUT2D eigenvalue weighted by Crippen LogP contribution is 2.75. The maximum Gasteiger partial charge on any atom is 0.472 e. The van der Waals surface area contributed by atoms with Gasteiger partial charge in [0, 0.05) is 10.8 Å². The summed E-state index contributed by atoms with van der Waals surface area (Å²) < 4.78 is 53.7. The van der Waals surface area contributed by atoms with Gasteiger partial charge < -0.3 is 39.5 Å². The van der Waals surface area contributed by atoms with Crippen molar-refractivity contribution in [1.29, 1.82) is 0 Å². The van der Waals surface area contributed by atoms with E-state index in [0.29, 0.717) is 29.8 Å². The zero-order valence-electron chi connectivity index (χ0n) is 24.4. The Labute approximate surface area is 269 Å². The van der Waals surface area contributed by atoms with E-state index >= 15 is 0 Å². The van der Waals surface area contributed by atoms with E-state index < -0.39 is 86.0 Å². The van der Waals surface area contributed by atoms with Gasteiger partial charge >= 0.3 is 14.6 Å². The zero-order valence-corrected chi connectivity index (χ0v) is 27.1. The van der Waals surface area contributed by atoms with Gasteiger partial charge in [-0.15, -0.1) is 0 Å². The van der Waals surface area contributed by atoms with Crippen molar-refractivity contribution in [3.05, 3.63) is 35.2 Å². The number of fused-ring (bicyclic) bond motifs is 3. The van der Waals surface area contributed by atoms with E-state index in [1.54, 1.807) is 16.1 Å². The second-order valence-corrected chi connectivity index (χ2v) is 17.4. The van der Waals surface area contributed by atoms with Crippen LogP contribution in [0.15, 0.2) is 23.8 Å². The van der Waals surface area contributed by atoms with Gasteiger partial charge in [0.05, 0.1) is 44.1 Å². The molecule has 12 atom stereocenters. The Hall–Kier alpha value is -2.77. The molecule has 19 nitrogen and oxygen atoms in total. The Morgan fingerprint density at radius 2 is 1.66 bits per heavy atom. The first-order valence-electron chi connectivity index (χ1n) is 14.8. The molecule has 4 aromatic heterocycles. The normalized spacial score (nSPS) is 44.3. The summed E-state index contributed by atoms with van der Waals surface area (Å²) in [6.07, 6.45) is -0.451. The van der Waals surface area contributed by atoms with Crippen LogP contribution in [0.3, 0.4) is 0 Å². The zero-order chi connectivity index (χ0) is 32.8. The number of rotatable bonds is 2. The van der Waals surface area contributed by atoms with Gasteiger partial charge in [0.2, 0.25) is 0 Å². The minimum Gasteiger partial charge on any atom is -0.390 e. The number of aryl methyl sites for hydroxylation is 1. The summed E-state index contributed by atoms with van der Waals surface area (Å²) in [4.78, 5) is 47.4. The lowest BCUT2D eigenvalue weighted by atomic mass is 10.0. The van der Waals surface area contributed by atoms with Crippen molar-refractivity contribution in [3.8, 4) is 0 Å². The van der Waals surface area contributed by atoms with Gasteiger partial charge in [-0.1, -0.05) is 12.2 Å². The van der Waals surface area contributed by atoms with E-state index in [-0.39, 0.29) is 23.6 Å². The highest BCUT2D eigenvalue weighted by atomic mass is 32.7. The Morgan fingerprint density at radius 1 is 0.979 bits per heavy atom. The van der Waals surface area contributed by atoms with E-state index in [2.05, 4.69) is 42.2 Å². The molecule has 1 saturated heterocycles. The number of aliphatic hydroxyl groups excluding tert-OH is 2. The summed E-state index contributed by atoms with van der Waals surface area (Å²) in [5.41, 5.74) is 4.25. The van der Waals surface area contributed by atoms with Crippen LogP contribution in [-0.4, -0.2) is 91.8 Å². The number of nitrogens with zero attached hydrogens (tertiary/aromatic N) is 7. The summed E-state index contributed by atoms with van der Waals surface area (Å²) >= 11 is 4.25. The Balaban J connectivity index is 1.09.